The first-order valence-electron chi connectivity index (χ1n) is 14.3. The van der Waals surface area contributed by atoms with Gasteiger partial charge in [-0.15, -0.1) is 0 Å². The molecule has 1 N–H and O–H groups in total. The molecule has 186 valence electrons. The normalized spacial score (nSPS) is 28.2. The van der Waals surface area contributed by atoms with Crippen molar-refractivity contribution in [2.75, 3.05) is 0 Å². The van der Waals surface area contributed by atoms with E-state index in [-0.39, 0.29) is 0 Å². The van der Waals surface area contributed by atoms with Crippen LogP contribution in [0.15, 0.2) is 95.4 Å². The summed E-state index contributed by atoms with van der Waals surface area (Å²) in [5, 5.41) is 19.9. The van der Waals surface area contributed by atoms with Gasteiger partial charge in [0.25, 0.3) is 0 Å². The van der Waals surface area contributed by atoms with Crippen LogP contribution in [0.1, 0.15) is 37.7 Å². The van der Waals surface area contributed by atoms with E-state index in [0.717, 1.165) is 44.7 Å². The molecule has 0 atom stereocenters. The molecule has 4 saturated carbocycles. The maximum absolute atomic E-state index is 12.8. The van der Waals surface area contributed by atoms with Crippen LogP contribution in [0.3, 0.4) is 0 Å². The minimum atomic E-state index is -0.771. The molecule has 0 aliphatic heterocycles. The van der Waals surface area contributed by atoms with Gasteiger partial charge >= 0.3 is 0 Å². The maximum atomic E-state index is 12.8. The molecule has 2 nitrogen and oxygen atoms in total. The van der Waals surface area contributed by atoms with E-state index in [4.69, 9.17) is 4.42 Å². The van der Waals surface area contributed by atoms with Gasteiger partial charge in [0.2, 0.25) is 0 Å². The minimum absolute atomic E-state index is 0.355. The van der Waals surface area contributed by atoms with Crippen molar-refractivity contribution in [2.24, 2.45) is 23.7 Å². The summed E-state index contributed by atoms with van der Waals surface area (Å²) in [6.07, 6.45) is 6.06. The summed E-state index contributed by atoms with van der Waals surface area (Å²) in [5.74, 6) is 2.32. The third-order valence-corrected chi connectivity index (χ3v) is 10.4. The van der Waals surface area contributed by atoms with Crippen LogP contribution in [-0.2, 0) is 5.60 Å². The molecule has 0 radical (unpaired) electrons. The van der Waals surface area contributed by atoms with E-state index in [9.17, 15) is 5.11 Å². The molecule has 1 aromatic heterocycles. The predicted octanol–water partition coefficient (Wildman–Crippen LogP) is 9.20. The second kappa shape index (κ2) is 7.48. The van der Waals surface area contributed by atoms with E-state index in [1.54, 1.807) is 0 Å². The van der Waals surface area contributed by atoms with Gasteiger partial charge in [-0.1, -0.05) is 72.8 Å². The Morgan fingerprint density at radius 2 is 1.26 bits per heavy atom. The van der Waals surface area contributed by atoms with Crippen molar-refractivity contribution in [3.8, 4) is 11.1 Å². The third kappa shape index (κ3) is 2.77. The molecule has 4 aliphatic rings. The van der Waals surface area contributed by atoms with Crippen molar-refractivity contribution in [1.29, 1.82) is 0 Å². The summed E-state index contributed by atoms with van der Waals surface area (Å²) in [5.41, 5.74) is 4.60. The lowest BCUT2D eigenvalue weighted by molar-refractivity contribution is -0.178. The van der Waals surface area contributed by atoms with E-state index in [1.807, 2.05) is 0 Å². The van der Waals surface area contributed by atoms with Gasteiger partial charge in [-0.2, -0.15) is 0 Å². The van der Waals surface area contributed by atoms with Crippen molar-refractivity contribution in [3.63, 3.8) is 0 Å². The highest BCUT2D eigenvalue weighted by atomic mass is 16.3. The number of hydrogen-bond donors (Lipinski definition) is 1. The van der Waals surface area contributed by atoms with Crippen molar-refractivity contribution in [1.82, 2.24) is 0 Å². The van der Waals surface area contributed by atoms with Gasteiger partial charge in [0.05, 0.1) is 5.60 Å². The smallest absolute Gasteiger partial charge is 0.143 e. The molecule has 0 amide bonds. The number of furan rings is 1. The van der Waals surface area contributed by atoms with Gasteiger partial charge in [0.1, 0.15) is 11.2 Å². The molecule has 0 saturated heterocycles. The Bertz CT molecular complexity index is 1880. The summed E-state index contributed by atoms with van der Waals surface area (Å²) in [6.45, 7) is 0. The summed E-state index contributed by atoms with van der Waals surface area (Å²) < 4.78 is 6.42. The fourth-order valence-corrected chi connectivity index (χ4v) is 8.93. The number of aliphatic hydroxyl groups is 1. The molecule has 1 heterocycles. The van der Waals surface area contributed by atoms with Gasteiger partial charge in [0.15, 0.2) is 0 Å². The van der Waals surface area contributed by atoms with Crippen LogP contribution in [0.2, 0.25) is 0 Å². The van der Waals surface area contributed by atoms with E-state index < -0.39 is 5.60 Å². The molecule has 4 aliphatic carbocycles. The molecule has 10 rings (SSSR count). The second-order valence-electron chi connectivity index (χ2n) is 12.3. The fraction of sp³-hybridized carbons (Fsp3) is 0.278. The standard InChI is InChI=1S/C36H30O2/c37-36(26-16-21-15-22(18-26)19-27(36)17-21)34-28-7-3-1-5-23(28)9-12-29(34)25-11-14-33-32(20-25)31-13-10-24-6-2-4-8-30(24)35(31)38-33/h1-14,20-22,26-27,37H,15-19H2. The summed E-state index contributed by atoms with van der Waals surface area (Å²) in [7, 11) is 0. The number of hydrogen-bond acceptors (Lipinski definition) is 2. The Kier molecular flexibility index (Phi) is 4.20. The lowest BCUT2D eigenvalue weighted by Gasteiger charge is -2.59. The first-order valence-corrected chi connectivity index (χ1v) is 14.3. The Hall–Kier alpha value is -3.62. The highest BCUT2D eigenvalue weighted by Crippen LogP contribution is 2.63. The van der Waals surface area contributed by atoms with Crippen molar-refractivity contribution in [3.05, 3.63) is 96.6 Å². The molecule has 6 aromatic rings. The zero-order valence-electron chi connectivity index (χ0n) is 21.4. The predicted molar refractivity (Wildman–Crippen MR) is 155 cm³/mol. The zero-order valence-corrected chi connectivity index (χ0v) is 21.4. The van der Waals surface area contributed by atoms with E-state index in [1.165, 1.54) is 59.4 Å². The molecule has 0 spiro atoms. The topological polar surface area (TPSA) is 33.4 Å². The molecule has 4 fully saturated rings. The summed E-state index contributed by atoms with van der Waals surface area (Å²) in [6, 6.07) is 32.6. The quantitative estimate of drug-likeness (QED) is 0.260. The number of rotatable bonds is 2. The van der Waals surface area contributed by atoms with Crippen molar-refractivity contribution >= 4 is 43.5 Å². The molecular formula is C36H30O2. The Morgan fingerprint density at radius 3 is 2.03 bits per heavy atom. The first kappa shape index (κ1) is 21.3. The van der Waals surface area contributed by atoms with Crippen LogP contribution in [0.5, 0.6) is 0 Å². The van der Waals surface area contributed by atoms with Crippen LogP contribution in [0.25, 0.3) is 54.6 Å². The van der Waals surface area contributed by atoms with Gasteiger partial charge in [-0.05, 0) is 107 Å². The fourth-order valence-electron chi connectivity index (χ4n) is 8.93. The second-order valence-corrected chi connectivity index (χ2v) is 12.3. The summed E-state index contributed by atoms with van der Waals surface area (Å²) >= 11 is 0. The SMILES string of the molecule is OC1(c2c(-c3ccc4oc5c6ccccc6ccc5c4c3)ccc3ccccc23)C2CC3CC(C2)CC1C3. The largest absolute Gasteiger partial charge is 0.455 e. The van der Waals surface area contributed by atoms with E-state index in [2.05, 4.69) is 91.0 Å². The molecular weight excluding hydrogens is 464 g/mol. The highest BCUT2D eigenvalue weighted by molar-refractivity contribution is 6.15. The van der Waals surface area contributed by atoms with Gasteiger partial charge in [-0.3, -0.25) is 0 Å². The number of fused-ring (bicyclic) bond motifs is 6. The van der Waals surface area contributed by atoms with Gasteiger partial charge in [-0.25, -0.2) is 0 Å². The average Bonchev–Trinajstić information content (AvgIpc) is 3.33. The molecule has 38 heavy (non-hydrogen) atoms. The Morgan fingerprint density at radius 1 is 0.605 bits per heavy atom. The number of benzene rings is 5. The van der Waals surface area contributed by atoms with Crippen molar-refractivity contribution < 1.29 is 9.52 Å². The van der Waals surface area contributed by atoms with Crippen LogP contribution >= 0.6 is 0 Å². The third-order valence-electron chi connectivity index (χ3n) is 10.4. The van der Waals surface area contributed by atoms with E-state index >= 15 is 0 Å². The lowest BCUT2D eigenvalue weighted by atomic mass is 9.48. The lowest BCUT2D eigenvalue weighted by Crippen LogP contribution is -2.55. The van der Waals surface area contributed by atoms with E-state index in [0.29, 0.717) is 11.8 Å². The molecule has 4 bridgehead atoms. The van der Waals surface area contributed by atoms with Gasteiger partial charge < -0.3 is 9.52 Å². The Labute approximate surface area is 221 Å². The highest BCUT2D eigenvalue weighted by Gasteiger charge is 2.58. The minimum Gasteiger partial charge on any atom is -0.455 e. The monoisotopic (exact) mass is 494 g/mol. The maximum Gasteiger partial charge on any atom is 0.143 e. The van der Waals surface area contributed by atoms with Crippen LogP contribution in [-0.4, -0.2) is 5.11 Å². The average molecular weight is 495 g/mol. The van der Waals surface area contributed by atoms with Crippen molar-refractivity contribution in [2.45, 2.75) is 37.7 Å². The van der Waals surface area contributed by atoms with Crippen LogP contribution in [0.4, 0.5) is 0 Å². The van der Waals surface area contributed by atoms with Gasteiger partial charge in [0, 0.05) is 16.2 Å². The molecule has 2 heteroatoms. The van der Waals surface area contributed by atoms with Crippen LogP contribution < -0.4 is 0 Å². The Balaban J connectivity index is 1.31. The first-order chi connectivity index (χ1) is 18.7. The molecule has 0 unspecified atom stereocenters. The summed E-state index contributed by atoms with van der Waals surface area (Å²) in [4.78, 5) is 0. The van der Waals surface area contributed by atoms with Crippen LogP contribution in [0, 0.1) is 23.7 Å². The molecule has 5 aromatic carbocycles. The zero-order chi connectivity index (χ0) is 25.0.